The second kappa shape index (κ2) is 7.96. The number of hydrogen-bond acceptors (Lipinski definition) is 1. The van der Waals surface area contributed by atoms with Crippen molar-refractivity contribution in [1.29, 1.82) is 0 Å². The highest BCUT2D eigenvalue weighted by molar-refractivity contribution is 6.33. The number of hydrogen-bond donors (Lipinski definition) is 0. The summed E-state index contributed by atoms with van der Waals surface area (Å²) in [6.07, 6.45) is 3.69. The molecule has 2 aromatic rings. The molecule has 0 aromatic heterocycles. The smallest absolute Gasteiger partial charge is 0.258 e. The Balaban J connectivity index is 1.62. The van der Waals surface area contributed by atoms with E-state index < -0.39 is 5.82 Å². The first-order valence-corrected chi connectivity index (χ1v) is 8.90. The van der Waals surface area contributed by atoms with E-state index in [1.165, 1.54) is 30.3 Å². The third-order valence-corrected chi connectivity index (χ3v) is 5.05. The molecule has 0 unspecified atom stereocenters. The van der Waals surface area contributed by atoms with Gasteiger partial charge in [-0.2, -0.15) is 0 Å². The molecule has 5 heteroatoms. The summed E-state index contributed by atoms with van der Waals surface area (Å²) in [5.74, 6) is -0.797. The Morgan fingerprint density at radius 3 is 2.64 bits per heavy atom. The van der Waals surface area contributed by atoms with E-state index in [0.717, 1.165) is 31.2 Å². The first kappa shape index (κ1) is 17.9. The van der Waals surface area contributed by atoms with E-state index in [0.29, 0.717) is 19.0 Å². The van der Waals surface area contributed by atoms with Crippen molar-refractivity contribution < 1.29 is 13.6 Å². The second-order valence-electron chi connectivity index (χ2n) is 6.52. The van der Waals surface area contributed by atoms with Crippen LogP contribution in [-0.2, 0) is 6.42 Å². The van der Waals surface area contributed by atoms with E-state index in [4.69, 9.17) is 11.6 Å². The monoisotopic (exact) mass is 363 g/mol. The quantitative estimate of drug-likeness (QED) is 0.739. The Morgan fingerprint density at radius 1 is 1.16 bits per heavy atom. The summed E-state index contributed by atoms with van der Waals surface area (Å²) in [6, 6.07) is 10.8. The molecule has 1 aliphatic heterocycles. The van der Waals surface area contributed by atoms with Gasteiger partial charge in [-0.3, -0.25) is 4.79 Å². The summed E-state index contributed by atoms with van der Waals surface area (Å²) in [6.45, 7) is 1.22. The van der Waals surface area contributed by atoms with Gasteiger partial charge in [0.15, 0.2) is 0 Å². The molecule has 25 heavy (non-hydrogen) atoms. The number of halogens is 3. The van der Waals surface area contributed by atoms with Crippen LogP contribution in [0, 0.1) is 17.6 Å². The van der Waals surface area contributed by atoms with Gasteiger partial charge in [-0.1, -0.05) is 29.8 Å². The van der Waals surface area contributed by atoms with Crippen LogP contribution in [0.5, 0.6) is 0 Å². The maximum Gasteiger partial charge on any atom is 0.258 e. The zero-order valence-corrected chi connectivity index (χ0v) is 14.6. The zero-order chi connectivity index (χ0) is 17.8. The standard InChI is InChI=1S/C20H20ClF2NO/c21-17-4-1-5-18(23)19(17)20(25)24-12-2-3-15(13-24)7-6-14-8-10-16(22)11-9-14/h1,4-5,8-11,15H,2-3,6-7,12-13H2/t15-/m1/s1. The first-order valence-electron chi connectivity index (χ1n) is 8.52. The molecule has 0 N–H and O–H groups in total. The van der Waals surface area contributed by atoms with Crippen molar-refractivity contribution in [2.75, 3.05) is 13.1 Å². The maximum atomic E-state index is 14.0. The van der Waals surface area contributed by atoms with Crippen molar-refractivity contribution in [3.05, 3.63) is 70.2 Å². The van der Waals surface area contributed by atoms with Gasteiger partial charge in [-0.15, -0.1) is 0 Å². The van der Waals surface area contributed by atoms with Crippen molar-refractivity contribution >= 4 is 17.5 Å². The van der Waals surface area contributed by atoms with Crippen molar-refractivity contribution in [1.82, 2.24) is 4.90 Å². The fraction of sp³-hybridized carbons (Fsp3) is 0.350. The molecule has 132 valence electrons. The maximum absolute atomic E-state index is 14.0. The zero-order valence-electron chi connectivity index (χ0n) is 13.9. The average Bonchev–Trinajstić information content (AvgIpc) is 2.61. The predicted octanol–water partition coefficient (Wildman–Crippen LogP) is 5.10. The highest BCUT2D eigenvalue weighted by Crippen LogP contribution is 2.26. The Morgan fingerprint density at radius 2 is 1.92 bits per heavy atom. The molecular formula is C20H20ClF2NO. The van der Waals surface area contributed by atoms with Crippen LogP contribution in [0.4, 0.5) is 8.78 Å². The molecule has 1 heterocycles. The van der Waals surface area contributed by atoms with E-state index in [2.05, 4.69) is 0 Å². The van der Waals surface area contributed by atoms with Crippen LogP contribution in [0.1, 0.15) is 35.2 Å². The number of likely N-dealkylation sites (tertiary alicyclic amines) is 1. The fourth-order valence-electron chi connectivity index (χ4n) is 3.37. The van der Waals surface area contributed by atoms with E-state index in [9.17, 15) is 13.6 Å². The molecular weight excluding hydrogens is 344 g/mol. The van der Waals surface area contributed by atoms with Crippen LogP contribution in [-0.4, -0.2) is 23.9 Å². The van der Waals surface area contributed by atoms with Gasteiger partial charge in [0.25, 0.3) is 5.91 Å². The second-order valence-corrected chi connectivity index (χ2v) is 6.93. The summed E-state index contributed by atoms with van der Waals surface area (Å²) in [4.78, 5) is 14.4. The predicted molar refractivity (Wildman–Crippen MR) is 94.8 cm³/mol. The number of nitrogens with zero attached hydrogens (tertiary/aromatic N) is 1. The van der Waals surface area contributed by atoms with E-state index in [1.54, 1.807) is 17.0 Å². The number of aryl methyl sites for hydroxylation is 1. The van der Waals surface area contributed by atoms with Crippen molar-refractivity contribution in [3.63, 3.8) is 0 Å². The summed E-state index contributed by atoms with van der Waals surface area (Å²) in [5.41, 5.74) is 1.05. The van der Waals surface area contributed by atoms with E-state index in [-0.39, 0.29) is 22.3 Å². The summed E-state index contributed by atoms with van der Waals surface area (Å²) in [5, 5.41) is 0.151. The van der Waals surface area contributed by atoms with Crippen molar-refractivity contribution in [3.8, 4) is 0 Å². The highest BCUT2D eigenvalue weighted by Gasteiger charge is 2.27. The minimum absolute atomic E-state index is 0.0386. The fourth-order valence-corrected chi connectivity index (χ4v) is 3.61. The summed E-state index contributed by atoms with van der Waals surface area (Å²) in [7, 11) is 0. The normalized spacial score (nSPS) is 17.6. The molecule has 1 saturated heterocycles. The van der Waals surface area contributed by atoms with Gasteiger partial charge in [0.1, 0.15) is 11.6 Å². The molecule has 0 radical (unpaired) electrons. The Kier molecular flexibility index (Phi) is 5.69. The van der Waals surface area contributed by atoms with Crippen LogP contribution < -0.4 is 0 Å². The molecule has 1 amide bonds. The molecule has 0 saturated carbocycles. The molecule has 2 aromatic carbocycles. The summed E-state index contributed by atoms with van der Waals surface area (Å²) >= 11 is 6.02. The first-order chi connectivity index (χ1) is 12.0. The molecule has 3 rings (SSSR count). The van der Waals surface area contributed by atoms with E-state index in [1.807, 2.05) is 0 Å². The number of carbonyl (C=O) groups excluding carboxylic acids is 1. The SMILES string of the molecule is O=C(c1c(F)cccc1Cl)N1CCC[C@H](CCc2ccc(F)cc2)C1. The van der Waals surface area contributed by atoms with Crippen LogP contribution in [0.3, 0.4) is 0 Å². The lowest BCUT2D eigenvalue weighted by atomic mass is 9.91. The third-order valence-electron chi connectivity index (χ3n) is 4.74. The molecule has 2 nitrogen and oxygen atoms in total. The number of benzene rings is 2. The van der Waals surface area contributed by atoms with Crippen LogP contribution in [0.2, 0.25) is 5.02 Å². The highest BCUT2D eigenvalue weighted by atomic mass is 35.5. The number of carbonyl (C=O) groups is 1. The number of amides is 1. The van der Waals surface area contributed by atoms with Gasteiger partial charge in [-0.25, -0.2) is 8.78 Å². The van der Waals surface area contributed by atoms with Crippen LogP contribution in [0.15, 0.2) is 42.5 Å². The van der Waals surface area contributed by atoms with E-state index >= 15 is 0 Å². The lowest BCUT2D eigenvalue weighted by Crippen LogP contribution is -2.40. The largest absolute Gasteiger partial charge is 0.338 e. The van der Waals surface area contributed by atoms with Crippen LogP contribution in [0.25, 0.3) is 0 Å². The Labute approximate surface area is 151 Å². The van der Waals surface area contributed by atoms with Crippen molar-refractivity contribution in [2.24, 2.45) is 5.92 Å². The Hall–Kier alpha value is -1.94. The molecule has 1 fully saturated rings. The summed E-state index contributed by atoms with van der Waals surface area (Å²) < 4.78 is 27.0. The van der Waals surface area contributed by atoms with Crippen LogP contribution >= 0.6 is 11.6 Å². The van der Waals surface area contributed by atoms with Gasteiger partial charge in [0, 0.05) is 13.1 Å². The van der Waals surface area contributed by atoms with Gasteiger partial charge in [0.2, 0.25) is 0 Å². The molecule has 1 aliphatic rings. The molecule has 1 atom stereocenters. The molecule has 0 aliphatic carbocycles. The number of rotatable bonds is 4. The third kappa shape index (κ3) is 4.37. The number of piperidine rings is 1. The lowest BCUT2D eigenvalue weighted by molar-refractivity contribution is 0.0664. The van der Waals surface area contributed by atoms with Crippen molar-refractivity contribution in [2.45, 2.75) is 25.7 Å². The average molecular weight is 364 g/mol. The van der Waals surface area contributed by atoms with Gasteiger partial charge >= 0.3 is 0 Å². The molecule has 0 spiro atoms. The minimum atomic E-state index is -0.578. The molecule has 0 bridgehead atoms. The van der Waals surface area contributed by atoms with Gasteiger partial charge in [0.05, 0.1) is 10.6 Å². The topological polar surface area (TPSA) is 20.3 Å². The Bertz CT molecular complexity index is 728. The van der Waals surface area contributed by atoms with Gasteiger partial charge in [-0.05, 0) is 61.4 Å². The van der Waals surface area contributed by atoms with Gasteiger partial charge < -0.3 is 4.90 Å². The minimum Gasteiger partial charge on any atom is -0.338 e. The lowest BCUT2D eigenvalue weighted by Gasteiger charge is -2.33.